The second-order valence-corrected chi connectivity index (χ2v) is 6.52. The van der Waals surface area contributed by atoms with Crippen LogP contribution in [-0.4, -0.2) is 28.4 Å². The number of carbonyl (C=O) groups excluding carboxylic acids is 1. The Labute approximate surface area is 154 Å². The highest BCUT2D eigenvalue weighted by Gasteiger charge is 2.38. The summed E-state index contributed by atoms with van der Waals surface area (Å²) in [4.78, 5) is 24.0. The molecule has 8 heteroatoms. The maximum absolute atomic E-state index is 13.2. The summed E-state index contributed by atoms with van der Waals surface area (Å²) in [6.45, 7) is 3.51. The number of nitrogens with zero attached hydrogens (tertiary/aromatic N) is 3. The second-order valence-electron chi connectivity index (χ2n) is 6.11. The van der Waals surface area contributed by atoms with Crippen molar-refractivity contribution >= 4 is 17.5 Å². The lowest BCUT2D eigenvalue weighted by Gasteiger charge is -2.26. The van der Waals surface area contributed by atoms with Gasteiger partial charge in [0.2, 0.25) is 5.91 Å². The van der Waals surface area contributed by atoms with E-state index in [0.29, 0.717) is 27.9 Å². The number of rotatable bonds is 5. The fourth-order valence-electron chi connectivity index (χ4n) is 2.90. The summed E-state index contributed by atoms with van der Waals surface area (Å²) in [5.41, 5.74) is 1.44. The van der Waals surface area contributed by atoms with Gasteiger partial charge in [-0.15, -0.1) is 0 Å². The Morgan fingerprint density at radius 3 is 2.65 bits per heavy atom. The van der Waals surface area contributed by atoms with E-state index in [1.54, 1.807) is 12.1 Å². The molecule has 2 atom stereocenters. The molecule has 1 aromatic carbocycles. The largest absolute Gasteiger partial charge is 0.356 e. The lowest BCUT2D eigenvalue weighted by Crippen LogP contribution is -2.41. The van der Waals surface area contributed by atoms with Crippen molar-refractivity contribution in [3.8, 4) is 11.1 Å². The fraction of sp³-hybridized carbons (Fsp3) is 0.333. The molecule has 26 heavy (non-hydrogen) atoms. The number of fused-ring (bicyclic) bond motifs is 1. The first-order valence-electron chi connectivity index (χ1n) is 8.21. The number of aromatic nitrogens is 1. The smallest absolute Gasteiger partial charge is 0.261 e. The Morgan fingerprint density at radius 2 is 2.04 bits per heavy atom. The molecule has 0 aliphatic carbocycles. The van der Waals surface area contributed by atoms with Gasteiger partial charge in [0.1, 0.15) is 11.2 Å². The van der Waals surface area contributed by atoms with E-state index >= 15 is 0 Å². The summed E-state index contributed by atoms with van der Waals surface area (Å²) in [7, 11) is 0. The lowest BCUT2D eigenvalue weighted by atomic mass is 10.0. The van der Waals surface area contributed by atoms with Gasteiger partial charge >= 0.3 is 0 Å². The molecule has 3 rings (SSSR count). The topological polar surface area (TPSA) is 86.9 Å². The van der Waals surface area contributed by atoms with Crippen molar-refractivity contribution in [3.63, 3.8) is 0 Å². The van der Waals surface area contributed by atoms with Gasteiger partial charge in [-0.1, -0.05) is 30.7 Å². The average molecular weight is 377 g/mol. The van der Waals surface area contributed by atoms with Crippen molar-refractivity contribution in [2.24, 2.45) is 15.9 Å². The summed E-state index contributed by atoms with van der Waals surface area (Å²) in [5, 5.41) is 14.3. The molecule has 0 radical (unpaired) electrons. The highest BCUT2D eigenvalue weighted by molar-refractivity contribution is 6.33. The predicted molar refractivity (Wildman–Crippen MR) is 94.4 cm³/mol. The Balaban J connectivity index is 2.10. The Hall–Kier alpha value is -2.38. The summed E-state index contributed by atoms with van der Waals surface area (Å²) in [5.74, 6) is -2.74. The number of nitrogens with one attached hydrogen (secondary N) is 1. The van der Waals surface area contributed by atoms with Crippen LogP contribution in [0.25, 0.3) is 11.1 Å². The highest BCUT2D eigenvalue weighted by Crippen LogP contribution is 2.28. The van der Waals surface area contributed by atoms with Crippen molar-refractivity contribution in [3.05, 3.63) is 52.1 Å². The molecule has 1 unspecified atom stereocenters. The molecule has 0 spiro atoms. The third-order valence-corrected chi connectivity index (χ3v) is 4.59. The molecular weight excluding hydrogens is 359 g/mol. The minimum Gasteiger partial charge on any atom is -0.356 e. The van der Waals surface area contributed by atoms with Crippen LogP contribution in [0.15, 0.2) is 40.4 Å². The van der Waals surface area contributed by atoms with Crippen molar-refractivity contribution < 1.29 is 14.3 Å². The zero-order chi connectivity index (χ0) is 18.9. The molecule has 0 saturated carbocycles. The van der Waals surface area contributed by atoms with E-state index in [1.165, 1.54) is 25.3 Å². The van der Waals surface area contributed by atoms with E-state index in [4.69, 9.17) is 11.6 Å². The SMILES string of the molecule is CC[C@@H](CNC(C)=O)C1(O)N=c2ncc(Cl)c(-c3ccc(F)cc3)c2=N1. The Kier molecular flexibility index (Phi) is 5.02. The summed E-state index contributed by atoms with van der Waals surface area (Å²) < 4.78 is 13.2. The maximum Gasteiger partial charge on any atom is 0.261 e. The Bertz CT molecular complexity index is 964. The molecule has 136 valence electrons. The normalized spacial score (nSPS) is 19.3. The zero-order valence-corrected chi connectivity index (χ0v) is 15.1. The van der Waals surface area contributed by atoms with Crippen LogP contribution >= 0.6 is 11.6 Å². The van der Waals surface area contributed by atoms with Crippen molar-refractivity contribution in [1.82, 2.24) is 10.3 Å². The number of hydrogen-bond donors (Lipinski definition) is 2. The molecule has 6 nitrogen and oxygen atoms in total. The monoisotopic (exact) mass is 376 g/mol. The number of halogens is 2. The quantitative estimate of drug-likeness (QED) is 0.831. The molecule has 0 fully saturated rings. The predicted octanol–water partition coefficient (Wildman–Crippen LogP) is 1.60. The van der Waals surface area contributed by atoms with Crippen LogP contribution < -0.4 is 16.2 Å². The molecule has 2 N–H and O–H groups in total. The van der Waals surface area contributed by atoms with E-state index in [0.717, 1.165) is 0 Å². The van der Waals surface area contributed by atoms with Crippen LogP contribution in [0.2, 0.25) is 5.02 Å². The number of aliphatic hydroxyl groups is 1. The van der Waals surface area contributed by atoms with Crippen LogP contribution in [0, 0.1) is 11.7 Å². The Morgan fingerprint density at radius 1 is 1.35 bits per heavy atom. The number of amides is 1. The zero-order valence-electron chi connectivity index (χ0n) is 14.3. The van der Waals surface area contributed by atoms with Gasteiger partial charge in [0, 0.05) is 31.1 Å². The van der Waals surface area contributed by atoms with Crippen molar-refractivity contribution in [1.29, 1.82) is 0 Å². The van der Waals surface area contributed by atoms with E-state index in [2.05, 4.69) is 20.3 Å². The van der Waals surface area contributed by atoms with Gasteiger partial charge in [-0.25, -0.2) is 19.4 Å². The van der Waals surface area contributed by atoms with Crippen LogP contribution in [0.3, 0.4) is 0 Å². The van der Waals surface area contributed by atoms with Crippen LogP contribution in [-0.2, 0) is 4.79 Å². The van der Waals surface area contributed by atoms with Crippen LogP contribution in [0.1, 0.15) is 20.3 Å². The number of carbonyl (C=O) groups is 1. The second kappa shape index (κ2) is 7.09. The standard InChI is InChI=1S/C18H18ClFN4O2/c1-3-12(8-21-10(2)25)18(26)23-16-15(11-4-6-13(20)7-5-11)14(19)9-22-17(16)24-18/h4-7,9,12,26H,3,8H2,1-2H3,(H,21,25)/t12-,18?/m0/s1. The maximum atomic E-state index is 13.2. The molecule has 2 heterocycles. The number of benzene rings is 1. The molecule has 1 aliphatic heterocycles. The molecular formula is C18H18ClFN4O2. The first-order chi connectivity index (χ1) is 12.3. The van der Waals surface area contributed by atoms with Gasteiger partial charge in [-0.2, -0.15) is 0 Å². The summed E-state index contributed by atoms with van der Waals surface area (Å²) >= 11 is 6.29. The fourth-order valence-corrected chi connectivity index (χ4v) is 3.14. The average Bonchev–Trinajstić information content (AvgIpc) is 2.93. The minimum atomic E-state index is -1.74. The molecule has 1 amide bonds. The van der Waals surface area contributed by atoms with Crippen LogP contribution in [0.4, 0.5) is 4.39 Å². The van der Waals surface area contributed by atoms with Crippen LogP contribution in [0.5, 0.6) is 0 Å². The van der Waals surface area contributed by atoms with Crippen molar-refractivity contribution in [2.75, 3.05) is 6.54 Å². The lowest BCUT2D eigenvalue weighted by molar-refractivity contribution is -0.119. The number of pyridine rings is 1. The summed E-state index contributed by atoms with van der Waals surface area (Å²) in [6, 6.07) is 5.81. The van der Waals surface area contributed by atoms with Gasteiger partial charge < -0.3 is 10.4 Å². The molecule has 0 saturated heterocycles. The molecule has 1 aromatic heterocycles. The van der Waals surface area contributed by atoms with Gasteiger partial charge in [0.25, 0.3) is 5.85 Å². The van der Waals surface area contributed by atoms with Gasteiger partial charge in [0.15, 0.2) is 5.49 Å². The van der Waals surface area contributed by atoms with E-state index < -0.39 is 11.8 Å². The first-order valence-corrected chi connectivity index (χ1v) is 8.59. The number of hydrogen-bond acceptors (Lipinski definition) is 5. The van der Waals surface area contributed by atoms with Gasteiger partial charge in [-0.3, -0.25) is 4.79 Å². The highest BCUT2D eigenvalue weighted by atomic mass is 35.5. The van der Waals surface area contributed by atoms with E-state index in [1.807, 2.05) is 6.92 Å². The first kappa shape index (κ1) is 18.4. The van der Waals surface area contributed by atoms with Crippen molar-refractivity contribution in [2.45, 2.75) is 26.1 Å². The van der Waals surface area contributed by atoms with E-state index in [9.17, 15) is 14.3 Å². The molecule has 0 bridgehead atoms. The molecule has 2 aromatic rings. The van der Waals surface area contributed by atoms with Gasteiger partial charge in [-0.05, 0) is 24.1 Å². The minimum absolute atomic E-state index is 0.198. The third kappa shape index (κ3) is 3.45. The van der Waals surface area contributed by atoms with Gasteiger partial charge in [0.05, 0.1) is 5.02 Å². The molecule has 1 aliphatic rings. The summed E-state index contributed by atoms with van der Waals surface area (Å²) in [6.07, 6.45) is 1.97. The van der Waals surface area contributed by atoms with E-state index in [-0.39, 0.29) is 23.8 Å². The third-order valence-electron chi connectivity index (χ3n) is 4.31.